The molecular weight excluding hydrogens is 894 g/mol. The molecule has 10 rings (SSSR count). The Morgan fingerprint density at radius 1 is 0.655 bits per heavy atom. The van der Waals surface area contributed by atoms with E-state index < -0.39 is 0 Å². The van der Waals surface area contributed by atoms with Gasteiger partial charge in [0.05, 0.1) is 5.69 Å². The van der Waals surface area contributed by atoms with Gasteiger partial charge in [-0.25, -0.2) is 4.98 Å². The summed E-state index contributed by atoms with van der Waals surface area (Å²) < 4.78 is 13.5. The van der Waals surface area contributed by atoms with Gasteiger partial charge in [0.1, 0.15) is 5.82 Å². The molecule has 0 aliphatic heterocycles. The Balaban J connectivity index is 0.00000436. The summed E-state index contributed by atoms with van der Waals surface area (Å²) in [5.74, 6) is 2.01. The minimum Gasteiger partial charge on any atom is -0.508 e. The molecule has 0 saturated carbocycles. The van der Waals surface area contributed by atoms with Gasteiger partial charge in [0.15, 0.2) is 0 Å². The van der Waals surface area contributed by atoms with Crippen LogP contribution in [0, 0.1) is 32.9 Å². The first-order valence-corrected chi connectivity index (χ1v) is 19.4. The Morgan fingerprint density at radius 2 is 1.33 bits per heavy atom. The summed E-state index contributed by atoms with van der Waals surface area (Å²) in [6, 6.07) is 51.8. The van der Waals surface area contributed by atoms with Crippen molar-refractivity contribution in [3.63, 3.8) is 0 Å². The first kappa shape index (κ1) is 37.4. The minimum absolute atomic E-state index is 0. The molecule has 0 saturated heterocycles. The van der Waals surface area contributed by atoms with Gasteiger partial charge in [0, 0.05) is 46.2 Å². The maximum atomic E-state index is 7.03. The Morgan fingerprint density at radius 3 is 2.05 bits per heavy atom. The maximum Gasteiger partial charge on any atom is 2.00 e. The average molecular weight is 935 g/mol. The van der Waals surface area contributed by atoms with Gasteiger partial charge in [0.25, 0.3) is 0 Å². The van der Waals surface area contributed by atoms with Gasteiger partial charge in [-0.05, 0) is 107 Å². The molecule has 7 heteroatoms. The first-order valence-electron chi connectivity index (χ1n) is 19.4. The average Bonchev–Trinajstić information content (AvgIpc) is 3.91. The van der Waals surface area contributed by atoms with Crippen LogP contribution in [0.15, 0.2) is 140 Å². The number of ether oxygens (including phenoxy) is 1. The SMILES string of the molecule is Cc1cc(C)c(-c2ccn(-c3[c-]c(Oc4[c-]c5c(c6ccccc6n5-c5cc(C(C)(C)C)ccn5)c5c4c4ccccc4n5-c4ccccc4)ccc3)n2)c(C)c1.[Pt+2]. The molecule has 0 aliphatic carbocycles. The Hall–Kier alpha value is -6.23. The van der Waals surface area contributed by atoms with Gasteiger partial charge in [-0.15, -0.1) is 24.3 Å². The number of hydrogen-bond donors (Lipinski definition) is 0. The second-order valence-corrected chi connectivity index (χ2v) is 16.0. The van der Waals surface area contributed by atoms with E-state index in [0.29, 0.717) is 11.5 Å². The standard InChI is InChI=1S/C51H41N5O.Pt/c1-32-27-33(2)47(34(3)28-32)41-24-26-54(53-41)37-17-14-18-38(30-37)57-45-31-44-48(50-49(45)40-20-11-12-21-42(40)55(50)36-15-8-7-9-16-36)39-19-10-13-22-43(39)56(44)46-29-35(23-25-52-46)51(4,5)6;/h7-29H,1-6H3;/q-2;+2. The molecule has 0 fully saturated rings. The molecule has 10 aromatic rings. The molecule has 0 radical (unpaired) electrons. The summed E-state index contributed by atoms with van der Waals surface area (Å²) in [5.41, 5.74) is 12.8. The fourth-order valence-electron chi connectivity index (χ4n) is 8.56. The van der Waals surface area contributed by atoms with Gasteiger partial charge in [-0.3, -0.25) is 4.68 Å². The van der Waals surface area contributed by atoms with E-state index in [1.54, 1.807) is 0 Å². The summed E-state index contributed by atoms with van der Waals surface area (Å²) in [6.07, 6.45) is 3.90. The predicted octanol–water partition coefficient (Wildman–Crippen LogP) is 12.7. The largest absolute Gasteiger partial charge is 2.00 e. The van der Waals surface area contributed by atoms with Gasteiger partial charge >= 0.3 is 21.1 Å². The third-order valence-corrected chi connectivity index (χ3v) is 11.0. The first-order chi connectivity index (χ1) is 27.6. The zero-order valence-electron chi connectivity index (χ0n) is 33.2. The number of benzene rings is 6. The summed E-state index contributed by atoms with van der Waals surface area (Å²) in [6.45, 7) is 13.1. The van der Waals surface area contributed by atoms with Gasteiger partial charge in [-0.2, -0.15) is 11.2 Å². The van der Waals surface area contributed by atoms with Crippen LogP contribution < -0.4 is 4.74 Å². The van der Waals surface area contributed by atoms with Crippen molar-refractivity contribution >= 4 is 43.6 Å². The number of pyridine rings is 1. The molecular formula is C51H41N5OPt. The smallest absolute Gasteiger partial charge is 0.508 e. The molecule has 6 aromatic carbocycles. The molecule has 0 aliphatic rings. The summed E-state index contributed by atoms with van der Waals surface area (Å²) in [7, 11) is 0. The normalized spacial score (nSPS) is 11.8. The van der Waals surface area contributed by atoms with Crippen LogP contribution >= 0.6 is 0 Å². The fourth-order valence-corrected chi connectivity index (χ4v) is 8.56. The molecule has 4 heterocycles. The van der Waals surface area contributed by atoms with Crippen LogP contribution in [0.25, 0.3) is 72.1 Å². The van der Waals surface area contributed by atoms with Crippen LogP contribution in [0.4, 0.5) is 0 Å². The molecule has 286 valence electrons. The Bertz CT molecular complexity index is 3160. The third-order valence-electron chi connectivity index (χ3n) is 11.0. The van der Waals surface area contributed by atoms with E-state index in [0.717, 1.165) is 72.1 Å². The third kappa shape index (κ3) is 6.15. The number of aryl methyl sites for hydroxylation is 3. The van der Waals surface area contributed by atoms with Crippen molar-refractivity contribution in [3.8, 4) is 39.9 Å². The van der Waals surface area contributed by atoms with E-state index >= 15 is 0 Å². The number of rotatable bonds is 6. The Labute approximate surface area is 352 Å². The zero-order chi connectivity index (χ0) is 39.0. The second kappa shape index (κ2) is 14.3. The minimum atomic E-state index is -0.0601. The van der Waals surface area contributed by atoms with E-state index in [4.69, 9.17) is 14.8 Å². The zero-order valence-corrected chi connectivity index (χ0v) is 35.5. The second-order valence-electron chi connectivity index (χ2n) is 16.0. The number of nitrogens with zero attached hydrogens (tertiary/aromatic N) is 5. The molecule has 6 nitrogen and oxygen atoms in total. The van der Waals surface area contributed by atoms with Crippen molar-refractivity contribution in [2.24, 2.45) is 0 Å². The molecule has 0 atom stereocenters. The molecule has 58 heavy (non-hydrogen) atoms. The van der Waals surface area contributed by atoms with Crippen molar-refractivity contribution in [3.05, 3.63) is 174 Å². The van der Waals surface area contributed by atoms with Crippen LogP contribution in [-0.2, 0) is 26.5 Å². The van der Waals surface area contributed by atoms with E-state index in [-0.39, 0.29) is 26.5 Å². The molecule has 4 aromatic heterocycles. The van der Waals surface area contributed by atoms with Gasteiger partial charge in [-0.1, -0.05) is 109 Å². The van der Waals surface area contributed by atoms with Crippen LogP contribution in [0.1, 0.15) is 43.0 Å². The van der Waals surface area contributed by atoms with Crippen molar-refractivity contribution in [2.45, 2.75) is 47.0 Å². The topological polar surface area (TPSA) is 49.8 Å². The predicted molar refractivity (Wildman–Crippen MR) is 233 cm³/mol. The van der Waals surface area contributed by atoms with Crippen LogP contribution in [-0.4, -0.2) is 23.9 Å². The summed E-state index contributed by atoms with van der Waals surface area (Å²) in [5, 5.41) is 9.27. The monoisotopic (exact) mass is 934 g/mol. The van der Waals surface area contributed by atoms with Crippen LogP contribution in [0.2, 0.25) is 0 Å². The number of aromatic nitrogens is 5. The van der Waals surface area contributed by atoms with Crippen molar-refractivity contribution in [1.29, 1.82) is 0 Å². The maximum absolute atomic E-state index is 7.03. The molecule has 0 unspecified atom stereocenters. The summed E-state index contributed by atoms with van der Waals surface area (Å²) >= 11 is 0. The van der Waals surface area contributed by atoms with Crippen LogP contribution in [0.3, 0.4) is 0 Å². The van der Waals surface area contributed by atoms with E-state index in [2.05, 4.69) is 172 Å². The van der Waals surface area contributed by atoms with Crippen molar-refractivity contribution in [2.75, 3.05) is 0 Å². The fraction of sp³-hybridized carbons (Fsp3) is 0.137. The van der Waals surface area contributed by atoms with E-state index in [9.17, 15) is 0 Å². The molecule has 0 spiro atoms. The number of para-hydroxylation sites is 3. The molecule has 0 N–H and O–H groups in total. The van der Waals surface area contributed by atoms with Crippen molar-refractivity contribution < 1.29 is 25.8 Å². The molecule has 0 amide bonds. The van der Waals surface area contributed by atoms with Gasteiger partial charge in [0.2, 0.25) is 0 Å². The molecule has 0 bridgehead atoms. The van der Waals surface area contributed by atoms with E-state index in [1.165, 1.54) is 22.3 Å². The Kier molecular flexibility index (Phi) is 9.21. The van der Waals surface area contributed by atoms with E-state index in [1.807, 2.05) is 35.3 Å². The quantitative estimate of drug-likeness (QED) is 0.156. The van der Waals surface area contributed by atoms with Gasteiger partial charge < -0.3 is 13.9 Å². The van der Waals surface area contributed by atoms with Crippen LogP contribution in [0.5, 0.6) is 11.5 Å². The number of hydrogen-bond acceptors (Lipinski definition) is 3. The van der Waals surface area contributed by atoms with Crippen molar-refractivity contribution in [1.82, 2.24) is 23.9 Å². The summed E-state index contributed by atoms with van der Waals surface area (Å²) in [4.78, 5) is 4.98. The number of fused-ring (bicyclic) bond motifs is 7.